The molecule has 0 saturated carbocycles. The Kier molecular flexibility index (Phi) is 2.61. The largest absolute Gasteiger partial charge is 0.357 e. The molecule has 0 aliphatic carbocycles. The molecule has 1 unspecified atom stereocenters. The molecule has 0 radical (unpaired) electrons. The zero-order valence-corrected chi connectivity index (χ0v) is 7.65. The molecule has 2 rings (SSSR count). The molecule has 0 bridgehead atoms. The van der Waals surface area contributed by atoms with Crippen molar-refractivity contribution < 1.29 is 4.74 Å². The standard InChI is InChI=1S/C9H15N3O/c10-4-3-8-6-11-12(7-8)9-2-1-5-13-9/h6-7,9H,1-5,10H2. The SMILES string of the molecule is NCCc1cnn(C2CCCO2)c1. The second kappa shape index (κ2) is 3.89. The summed E-state index contributed by atoms with van der Waals surface area (Å²) in [4.78, 5) is 0. The molecule has 1 aromatic rings. The van der Waals surface area contributed by atoms with E-state index in [1.54, 1.807) is 0 Å². The number of nitrogens with two attached hydrogens (primary N) is 1. The van der Waals surface area contributed by atoms with Crippen molar-refractivity contribution in [3.8, 4) is 0 Å². The highest BCUT2D eigenvalue weighted by atomic mass is 16.5. The molecule has 1 aliphatic heterocycles. The molecular formula is C9H15N3O. The number of ether oxygens (including phenoxy) is 1. The summed E-state index contributed by atoms with van der Waals surface area (Å²) in [7, 11) is 0. The molecular weight excluding hydrogens is 166 g/mol. The van der Waals surface area contributed by atoms with Crippen molar-refractivity contribution in [3.63, 3.8) is 0 Å². The van der Waals surface area contributed by atoms with E-state index in [1.807, 2.05) is 17.1 Å². The van der Waals surface area contributed by atoms with Crippen molar-refractivity contribution in [2.24, 2.45) is 5.73 Å². The molecule has 72 valence electrons. The molecule has 1 aromatic heterocycles. The van der Waals surface area contributed by atoms with Gasteiger partial charge in [-0.1, -0.05) is 0 Å². The number of nitrogens with zero attached hydrogens (tertiary/aromatic N) is 2. The van der Waals surface area contributed by atoms with Gasteiger partial charge in [0.05, 0.1) is 6.20 Å². The lowest BCUT2D eigenvalue weighted by molar-refractivity contribution is 0.0467. The second-order valence-electron chi connectivity index (χ2n) is 3.33. The minimum absolute atomic E-state index is 0.159. The highest BCUT2D eigenvalue weighted by Crippen LogP contribution is 2.21. The van der Waals surface area contributed by atoms with E-state index in [4.69, 9.17) is 10.5 Å². The van der Waals surface area contributed by atoms with Gasteiger partial charge in [-0.05, 0) is 31.4 Å². The van der Waals surface area contributed by atoms with Crippen molar-refractivity contribution >= 4 is 0 Å². The van der Waals surface area contributed by atoms with E-state index >= 15 is 0 Å². The summed E-state index contributed by atoms with van der Waals surface area (Å²) in [6, 6.07) is 0. The Morgan fingerprint density at radius 2 is 2.62 bits per heavy atom. The van der Waals surface area contributed by atoms with Crippen LogP contribution in [0.5, 0.6) is 0 Å². The molecule has 13 heavy (non-hydrogen) atoms. The molecule has 4 nitrogen and oxygen atoms in total. The van der Waals surface area contributed by atoms with Crippen LogP contribution in [0.3, 0.4) is 0 Å². The van der Waals surface area contributed by atoms with Crippen molar-refractivity contribution in [2.75, 3.05) is 13.2 Å². The number of rotatable bonds is 3. The molecule has 0 spiro atoms. The minimum Gasteiger partial charge on any atom is -0.357 e. The second-order valence-corrected chi connectivity index (χ2v) is 3.33. The molecule has 1 aliphatic rings. The first-order chi connectivity index (χ1) is 6.40. The lowest BCUT2D eigenvalue weighted by Gasteiger charge is -2.08. The predicted octanol–water partition coefficient (Wildman–Crippen LogP) is 0.693. The van der Waals surface area contributed by atoms with Gasteiger partial charge in [0.1, 0.15) is 6.23 Å². The maximum atomic E-state index is 5.50. The minimum atomic E-state index is 0.159. The Balaban J connectivity index is 2.03. The van der Waals surface area contributed by atoms with Crippen LogP contribution in [-0.2, 0) is 11.2 Å². The Bertz CT molecular complexity index is 266. The molecule has 2 N–H and O–H groups in total. The maximum Gasteiger partial charge on any atom is 0.150 e. The van der Waals surface area contributed by atoms with Crippen LogP contribution in [0, 0.1) is 0 Å². The normalized spacial score (nSPS) is 22.4. The van der Waals surface area contributed by atoms with Gasteiger partial charge in [-0.25, -0.2) is 4.68 Å². The summed E-state index contributed by atoms with van der Waals surface area (Å²) in [5.41, 5.74) is 6.65. The average Bonchev–Trinajstić information content (AvgIpc) is 2.70. The van der Waals surface area contributed by atoms with Gasteiger partial charge in [0.2, 0.25) is 0 Å². The van der Waals surface area contributed by atoms with Gasteiger partial charge in [-0.2, -0.15) is 5.10 Å². The van der Waals surface area contributed by atoms with Crippen LogP contribution in [0.4, 0.5) is 0 Å². The summed E-state index contributed by atoms with van der Waals surface area (Å²) in [5, 5.41) is 4.25. The van der Waals surface area contributed by atoms with E-state index in [0.29, 0.717) is 6.54 Å². The van der Waals surface area contributed by atoms with Crippen LogP contribution in [0.25, 0.3) is 0 Å². The van der Waals surface area contributed by atoms with Crippen LogP contribution < -0.4 is 5.73 Å². The Morgan fingerprint density at radius 1 is 1.69 bits per heavy atom. The highest BCUT2D eigenvalue weighted by Gasteiger charge is 2.17. The summed E-state index contributed by atoms with van der Waals surface area (Å²) in [5.74, 6) is 0. The zero-order chi connectivity index (χ0) is 9.10. The van der Waals surface area contributed by atoms with Crippen molar-refractivity contribution in [1.82, 2.24) is 9.78 Å². The molecule has 0 amide bonds. The molecule has 4 heteroatoms. The molecule has 0 aromatic carbocycles. The summed E-state index contributed by atoms with van der Waals surface area (Å²) >= 11 is 0. The van der Waals surface area contributed by atoms with Crippen molar-refractivity contribution in [1.29, 1.82) is 0 Å². The van der Waals surface area contributed by atoms with Crippen molar-refractivity contribution in [2.45, 2.75) is 25.5 Å². The van der Waals surface area contributed by atoms with E-state index in [0.717, 1.165) is 25.9 Å². The Morgan fingerprint density at radius 3 is 3.31 bits per heavy atom. The predicted molar refractivity (Wildman–Crippen MR) is 49.2 cm³/mol. The first kappa shape index (κ1) is 8.72. The maximum absolute atomic E-state index is 5.50. The number of hydrogen-bond acceptors (Lipinski definition) is 3. The fraction of sp³-hybridized carbons (Fsp3) is 0.667. The fourth-order valence-corrected chi connectivity index (χ4v) is 1.60. The third-order valence-corrected chi connectivity index (χ3v) is 2.29. The summed E-state index contributed by atoms with van der Waals surface area (Å²) in [6.45, 7) is 1.54. The molecule has 1 fully saturated rings. The fourth-order valence-electron chi connectivity index (χ4n) is 1.60. The van der Waals surface area contributed by atoms with Crippen LogP contribution in [-0.4, -0.2) is 22.9 Å². The van der Waals surface area contributed by atoms with E-state index in [9.17, 15) is 0 Å². The summed E-state index contributed by atoms with van der Waals surface area (Å²) < 4.78 is 7.40. The number of aromatic nitrogens is 2. The highest BCUT2D eigenvalue weighted by molar-refractivity contribution is 5.04. The zero-order valence-electron chi connectivity index (χ0n) is 7.65. The third-order valence-electron chi connectivity index (χ3n) is 2.29. The molecule has 1 atom stereocenters. The van der Waals surface area contributed by atoms with E-state index in [2.05, 4.69) is 5.10 Å². The summed E-state index contributed by atoms with van der Waals surface area (Å²) in [6.07, 6.45) is 7.16. The first-order valence-corrected chi connectivity index (χ1v) is 4.75. The van der Waals surface area contributed by atoms with Crippen LogP contribution in [0.1, 0.15) is 24.6 Å². The van der Waals surface area contributed by atoms with E-state index in [-0.39, 0.29) is 6.23 Å². The van der Waals surface area contributed by atoms with Gasteiger partial charge in [-0.15, -0.1) is 0 Å². The van der Waals surface area contributed by atoms with Crippen molar-refractivity contribution in [3.05, 3.63) is 18.0 Å². The van der Waals surface area contributed by atoms with E-state index < -0.39 is 0 Å². The first-order valence-electron chi connectivity index (χ1n) is 4.75. The van der Waals surface area contributed by atoms with Gasteiger partial charge < -0.3 is 10.5 Å². The van der Waals surface area contributed by atoms with Gasteiger partial charge in [0.15, 0.2) is 0 Å². The molecule has 2 heterocycles. The monoisotopic (exact) mass is 181 g/mol. The smallest absolute Gasteiger partial charge is 0.150 e. The van der Waals surface area contributed by atoms with Crippen LogP contribution >= 0.6 is 0 Å². The third kappa shape index (κ3) is 1.89. The topological polar surface area (TPSA) is 53.1 Å². The van der Waals surface area contributed by atoms with Gasteiger partial charge >= 0.3 is 0 Å². The number of hydrogen-bond donors (Lipinski definition) is 1. The lowest BCUT2D eigenvalue weighted by atomic mass is 10.2. The van der Waals surface area contributed by atoms with Gasteiger partial charge in [-0.3, -0.25) is 0 Å². The van der Waals surface area contributed by atoms with Crippen LogP contribution in [0.15, 0.2) is 12.4 Å². The van der Waals surface area contributed by atoms with E-state index in [1.165, 1.54) is 5.56 Å². The molecule has 1 saturated heterocycles. The van der Waals surface area contributed by atoms with Gasteiger partial charge in [0, 0.05) is 12.8 Å². The van der Waals surface area contributed by atoms with Crippen LogP contribution in [0.2, 0.25) is 0 Å². The Hall–Kier alpha value is -0.870. The lowest BCUT2D eigenvalue weighted by Crippen LogP contribution is -2.07. The quantitative estimate of drug-likeness (QED) is 0.746. The van der Waals surface area contributed by atoms with Gasteiger partial charge in [0.25, 0.3) is 0 Å². The Labute approximate surface area is 77.7 Å². The average molecular weight is 181 g/mol.